The summed E-state index contributed by atoms with van der Waals surface area (Å²) in [6.07, 6.45) is 9.28. The number of hydrogen-bond acceptors (Lipinski definition) is 6. The van der Waals surface area contributed by atoms with E-state index in [1.54, 1.807) is 18.5 Å². The van der Waals surface area contributed by atoms with Gasteiger partial charge in [-0.25, -0.2) is 19.7 Å². The number of aryl methyl sites for hydroxylation is 1. The third-order valence-electron chi connectivity index (χ3n) is 4.01. The van der Waals surface area contributed by atoms with Crippen molar-refractivity contribution in [2.75, 3.05) is 5.32 Å². The number of pyridine rings is 1. The second-order valence-electron chi connectivity index (χ2n) is 6.03. The third-order valence-corrected chi connectivity index (χ3v) is 4.01. The van der Waals surface area contributed by atoms with Crippen LogP contribution < -0.4 is 5.32 Å². The maximum absolute atomic E-state index is 10.9. The highest BCUT2D eigenvalue weighted by Gasteiger charge is 2.24. The van der Waals surface area contributed by atoms with Crippen LogP contribution in [0.2, 0.25) is 0 Å². The fourth-order valence-corrected chi connectivity index (χ4v) is 2.53. The molecule has 2 N–H and O–H groups in total. The molecule has 3 heterocycles. The van der Waals surface area contributed by atoms with Gasteiger partial charge in [0.1, 0.15) is 5.69 Å². The summed E-state index contributed by atoms with van der Waals surface area (Å²) < 4.78 is 1.95. The summed E-state index contributed by atoms with van der Waals surface area (Å²) in [4.78, 5) is 23.7. The van der Waals surface area contributed by atoms with Crippen molar-refractivity contribution in [1.82, 2.24) is 24.7 Å². The SMILES string of the molecule is Cc1cnc(Nc2cnn(C3CC3)c2)nc1-c1ccc(C(=O)O)nc1. The number of carbonyl (C=O) groups is 1. The Morgan fingerprint density at radius 2 is 2.08 bits per heavy atom. The topological polar surface area (TPSA) is 106 Å². The Balaban J connectivity index is 1.59. The van der Waals surface area contributed by atoms with Gasteiger partial charge < -0.3 is 10.4 Å². The van der Waals surface area contributed by atoms with Gasteiger partial charge >= 0.3 is 5.97 Å². The van der Waals surface area contributed by atoms with E-state index in [4.69, 9.17) is 5.11 Å². The van der Waals surface area contributed by atoms with Crippen molar-refractivity contribution in [1.29, 1.82) is 0 Å². The molecular formula is C17H16N6O2. The summed E-state index contributed by atoms with van der Waals surface area (Å²) in [7, 11) is 0. The molecule has 0 spiro atoms. The predicted octanol–water partition coefficient (Wildman–Crippen LogP) is 2.82. The average molecular weight is 336 g/mol. The first-order chi connectivity index (χ1) is 12.1. The molecule has 1 aliphatic carbocycles. The molecule has 126 valence electrons. The van der Waals surface area contributed by atoms with Crippen molar-refractivity contribution in [3.05, 3.63) is 48.2 Å². The predicted molar refractivity (Wildman–Crippen MR) is 90.7 cm³/mol. The maximum atomic E-state index is 10.9. The van der Waals surface area contributed by atoms with E-state index in [1.807, 2.05) is 17.8 Å². The fraction of sp³-hybridized carbons (Fsp3) is 0.235. The highest BCUT2D eigenvalue weighted by atomic mass is 16.4. The van der Waals surface area contributed by atoms with Gasteiger partial charge in [-0.3, -0.25) is 4.68 Å². The molecule has 4 rings (SSSR count). The van der Waals surface area contributed by atoms with Crippen LogP contribution in [-0.4, -0.2) is 35.8 Å². The van der Waals surface area contributed by atoms with E-state index in [0.29, 0.717) is 17.7 Å². The lowest BCUT2D eigenvalue weighted by Crippen LogP contribution is -2.02. The van der Waals surface area contributed by atoms with Gasteiger partial charge in [0.05, 0.1) is 23.6 Å². The fourth-order valence-electron chi connectivity index (χ4n) is 2.53. The number of anilines is 2. The van der Waals surface area contributed by atoms with Crippen molar-refractivity contribution in [3.8, 4) is 11.3 Å². The van der Waals surface area contributed by atoms with Crippen molar-refractivity contribution < 1.29 is 9.90 Å². The first-order valence-electron chi connectivity index (χ1n) is 7.95. The van der Waals surface area contributed by atoms with E-state index in [-0.39, 0.29) is 5.69 Å². The molecule has 0 radical (unpaired) electrons. The van der Waals surface area contributed by atoms with E-state index < -0.39 is 5.97 Å². The van der Waals surface area contributed by atoms with Crippen molar-refractivity contribution in [2.24, 2.45) is 0 Å². The quantitative estimate of drug-likeness (QED) is 0.738. The number of carboxylic acid groups (broad SMARTS) is 1. The van der Waals surface area contributed by atoms with E-state index >= 15 is 0 Å². The van der Waals surface area contributed by atoms with Crippen LogP contribution in [0.25, 0.3) is 11.3 Å². The normalized spacial score (nSPS) is 13.6. The zero-order valence-corrected chi connectivity index (χ0v) is 13.5. The number of hydrogen-bond donors (Lipinski definition) is 2. The van der Waals surface area contributed by atoms with Crippen molar-refractivity contribution in [3.63, 3.8) is 0 Å². The third kappa shape index (κ3) is 3.18. The number of carboxylic acids is 1. The maximum Gasteiger partial charge on any atom is 0.354 e. The van der Waals surface area contributed by atoms with Gasteiger partial charge in [0.2, 0.25) is 5.95 Å². The van der Waals surface area contributed by atoms with Crippen LogP contribution in [0.1, 0.15) is 34.9 Å². The Hall–Kier alpha value is -3.29. The number of rotatable bonds is 5. The average Bonchev–Trinajstić information content (AvgIpc) is 3.36. The van der Waals surface area contributed by atoms with E-state index in [1.165, 1.54) is 25.1 Å². The minimum atomic E-state index is -1.05. The lowest BCUT2D eigenvalue weighted by atomic mass is 10.1. The van der Waals surface area contributed by atoms with Crippen LogP contribution in [0.5, 0.6) is 0 Å². The molecule has 1 aliphatic rings. The molecule has 1 saturated carbocycles. The Kier molecular flexibility index (Phi) is 3.64. The van der Waals surface area contributed by atoms with Crippen LogP contribution in [0, 0.1) is 6.92 Å². The molecule has 0 unspecified atom stereocenters. The lowest BCUT2D eigenvalue weighted by molar-refractivity contribution is 0.0690. The molecule has 8 nitrogen and oxygen atoms in total. The Bertz CT molecular complexity index is 931. The Morgan fingerprint density at radius 1 is 1.24 bits per heavy atom. The number of aromatic carboxylic acids is 1. The van der Waals surface area contributed by atoms with E-state index in [2.05, 4.69) is 25.4 Å². The highest BCUT2D eigenvalue weighted by Crippen LogP contribution is 2.34. The summed E-state index contributed by atoms with van der Waals surface area (Å²) in [5, 5.41) is 16.4. The first-order valence-corrected chi connectivity index (χ1v) is 7.95. The largest absolute Gasteiger partial charge is 0.477 e. The van der Waals surface area contributed by atoms with Gasteiger partial charge in [0.15, 0.2) is 0 Å². The van der Waals surface area contributed by atoms with Gasteiger partial charge in [-0.15, -0.1) is 0 Å². The molecule has 25 heavy (non-hydrogen) atoms. The molecule has 3 aromatic heterocycles. The zero-order valence-electron chi connectivity index (χ0n) is 13.5. The van der Waals surface area contributed by atoms with Gasteiger partial charge in [-0.1, -0.05) is 0 Å². The van der Waals surface area contributed by atoms with Crippen LogP contribution >= 0.6 is 0 Å². The number of aromatic nitrogens is 5. The second kappa shape index (κ2) is 5.97. The summed E-state index contributed by atoms with van der Waals surface area (Å²) in [5.41, 5.74) is 3.16. The van der Waals surface area contributed by atoms with Crippen LogP contribution in [0.3, 0.4) is 0 Å². The smallest absolute Gasteiger partial charge is 0.354 e. The minimum absolute atomic E-state index is 0.00120. The molecule has 0 aliphatic heterocycles. The molecule has 0 atom stereocenters. The molecular weight excluding hydrogens is 320 g/mol. The van der Waals surface area contributed by atoms with E-state index in [9.17, 15) is 4.79 Å². The molecule has 0 bridgehead atoms. The number of nitrogens with one attached hydrogen (secondary N) is 1. The van der Waals surface area contributed by atoms with Crippen LogP contribution in [0.4, 0.5) is 11.6 Å². The first kappa shape index (κ1) is 15.3. The lowest BCUT2D eigenvalue weighted by Gasteiger charge is -2.08. The van der Waals surface area contributed by atoms with Crippen LogP contribution in [0.15, 0.2) is 36.9 Å². The Morgan fingerprint density at radius 3 is 2.76 bits per heavy atom. The van der Waals surface area contributed by atoms with Gasteiger partial charge in [-0.05, 0) is 37.5 Å². The standard InChI is InChI=1S/C17H16N6O2/c1-10-6-19-17(21-12-8-20-23(9-12)13-3-4-13)22-15(10)11-2-5-14(16(24)25)18-7-11/h2,5-9,13H,3-4H2,1H3,(H,24,25)(H,19,21,22). The van der Waals surface area contributed by atoms with Gasteiger partial charge in [0.25, 0.3) is 0 Å². The second-order valence-corrected chi connectivity index (χ2v) is 6.03. The number of nitrogens with zero attached hydrogens (tertiary/aromatic N) is 5. The van der Waals surface area contributed by atoms with Crippen LogP contribution in [-0.2, 0) is 0 Å². The highest BCUT2D eigenvalue weighted by molar-refractivity contribution is 5.85. The molecule has 3 aromatic rings. The van der Waals surface area contributed by atoms with Crippen molar-refractivity contribution >= 4 is 17.6 Å². The zero-order chi connectivity index (χ0) is 17.4. The molecule has 0 saturated heterocycles. The summed E-state index contributed by atoms with van der Waals surface area (Å²) in [5.74, 6) is -0.598. The van der Waals surface area contributed by atoms with Gasteiger partial charge in [-0.2, -0.15) is 5.10 Å². The summed E-state index contributed by atoms with van der Waals surface area (Å²) in [6.45, 7) is 1.90. The van der Waals surface area contributed by atoms with E-state index in [0.717, 1.165) is 16.8 Å². The minimum Gasteiger partial charge on any atom is -0.477 e. The Labute approximate surface area is 143 Å². The summed E-state index contributed by atoms with van der Waals surface area (Å²) >= 11 is 0. The molecule has 0 aromatic carbocycles. The van der Waals surface area contributed by atoms with Gasteiger partial charge in [0, 0.05) is 24.2 Å². The summed E-state index contributed by atoms with van der Waals surface area (Å²) in [6, 6.07) is 3.68. The molecule has 1 fully saturated rings. The monoisotopic (exact) mass is 336 g/mol. The van der Waals surface area contributed by atoms with Crippen molar-refractivity contribution in [2.45, 2.75) is 25.8 Å². The molecule has 0 amide bonds. The molecule has 8 heteroatoms.